The third-order valence-electron chi connectivity index (χ3n) is 4.53. The van der Waals surface area contributed by atoms with Gasteiger partial charge < -0.3 is 4.74 Å². The van der Waals surface area contributed by atoms with Crippen LogP contribution in [0.1, 0.15) is 11.1 Å². The van der Waals surface area contributed by atoms with Crippen LogP contribution in [-0.4, -0.2) is 12.8 Å². The molecule has 0 atom stereocenters. The lowest BCUT2D eigenvalue weighted by Gasteiger charge is -2.15. The zero-order valence-electron chi connectivity index (χ0n) is 15.4. The predicted octanol–water partition coefficient (Wildman–Crippen LogP) is 6.48. The van der Waals surface area contributed by atoms with Gasteiger partial charge in [0.2, 0.25) is 0 Å². The molecule has 4 heteroatoms. The number of rotatable bonds is 5. The van der Waals surface area contributed by atoms with E-state index in [1.54, 1.807) is 7.11 Å². The van der Waals surface area contributed by atoms with Crippen molar-refractivity contribution in [2.24, 2.45) is 5.10 Å². The molecule has 0 amide bonds. The van der Waals surface area contributed by atoms with Crippen molar-refractivity contribution in [1.82, 2.24) is 0 Å². The molecule has 0 saturated heterocycles. The van der Waals surface area contributed by atoms with Gasteiger partial charge >= 0.3 is 0 Å². The molecular weight excluding hydrogens is 412 g/mol. The number of hydrogen-bond acceptors (Lipinski definition) is 3. The summed E-state index contributed by atoms with van der Waals surface area (Å²) in [7, 11) is 1.70. The fourth-order valence-corrected chi connectivity index (χ4v) is 3.81. The van der Waals surface area contributed by atoms with Crippen LogP contribution >= 0.6 is 15.9 Å². The first-order valence-electron chi connectivity index (χ1n) is 8.97. The van der Waals surface area contributed by atoms with Crippen molar-refractivity contribution in [3.05, 3.63) is 107 Å². The summed E-state index contributed by atoms with van der Waals surface area (Å²) in [4.78, 5) is 0. The van der Waals surface area contributed by atoms with Gasteiger partial charge in [-0.1, -0.05) is 72.8 Å². The molecule has 28 heavy (non-hydrogen) atoms. The van der Waals surface area contributed by atoms with Crippen LogP contribution in [-0.2, 0) is 0 Å². The highest BCUT2D eigenvalue weighted by atomic mass is 79.9. The maximum absolute atomic E-state index is 5.68. The molecule has 0 aliphatic rings. The van der Waals surface area contributed by atoms with E-state index in [0.717, 1.165) is 43.5 Å². The first kappa shape index (κ1) is 18.3. The van der Waals surface area contributed by atoms with Gasteiger partial charge in [-0.15, -0.1) is 0 Å². The van der Waals surface area contributed by atoms with E-state index in [1.807, 2.05) is 66.7 Å². The van der Waals surface area contributed by atoms with Crippen molar-refractivity contribution in [3.8, 4) is 5.75 Å². The number of ether oxygens (including phenoxy) is 1. The van der Waals surface area contributed by atoms with Gasteiger partial charge in [0.05, 0.1) is 18.5 Å². The summed E-state index contributed by atoms with van der Waals surface area (Å²) in [5.74, 6) is 0.817. The van der Waals surface area contributed by atoms with Gasteiger partial charge in [-0.2, -0.15) is 5.10 Å². The van der Waals surface area contributed by atoms with Gasteiger partial charge in [0, 0.05) is 26.4 Å². The van der Waals surface area contributed by atoms with Crippen molar-refractivity contribution in [3.63, 3.8) is 0 Å². The van der Waals surface area contributed by atoms with Gasteiger partial charge in [0.25, 0.3) is 0 Å². The lowest BCUT2D eigenvalue weighted by atomic mass is 9.98. The van der Waals surface area contributed by atoms with Crippen LogP contribution in [0.3, 0.4) is 0 Å². The van der Waals surface area contributed by atoms with Crippen molar-refractivity contribution >= 4 is 38.1 Å². The fraction of sp³-hybridized carbons (Fsp3) is 0.0417. The maximum Gasteiger partial charge on any atom is 0.127 e. The number of anilines is 1. The van der Waals surface area contributed by atoms with E-state index >= 15 is 0 Å². The van der Waals surface area contributed by atoms with Crippen molar-refractivity contribution in [1.29, 1.82) is 0 Å². The molecule has 4 aromatic carbocycles. The van der Waals surface area contributed by atoms with Crippen LogP contribution in [0, 0.1) is 0 Å². The number of nitrogens with zero attached hydrogens (tertiary/aromatic N) is 1. The number of methoxy groups -OCH3 is 1. The van der Waals surface area contributed by atoms with Gasteiger partial charge in [0.15, 0.2) is 0 Å². The number of halogens is 1. The van der Waals surface area contributed by atoms with E-state index < -0.39 is 0 Å². The molecule has 0 bridgehead atoms. The number of para-hydroxylation sites is 1. The standard InChI is InChI=1S/C24H19BrN2O/c1-28-22-16-21(23(25)20-15-9-8-14-19(20)22)24(17-10-4-2-5-11-17)27-26-18-12-6-3-7-13-18/h2-16,26H,1H3. The van der Waals surface area contributed by atoms with Crippen LogP contribution in [0.15, 0.2) is 101 Å². The Labute approximate surface area is 172 Å². The highest BCUT2D eigenvalue weighted by molar-refractivity contribution is 9.10. The van der Waals surface area contributed by atoms with Crippen molar-refractivity contribution < 1.29 is 4.74 Å². The molecule has 0 fully saturated rings. The number of fused-ring (bicyclic) bond motifs is 1. The Balaban J connectivity index is 1.91. The molecule has 1 N–H and O–H groups in total. The minimum atomic E-state index is 0.817. The molecule has 3 nitrogen and oxygen atoms in total. The second-order valence-corrected chi connectivity index (χ2v) is 7.08. The van der Waals surface area contributed by atoms with Crippen molar-refractivity contribution in [2.45, 2.75) is 0 Å². The Morgan fingerprint density at radius 1 is 0.821 bits per heavy atom. The number of hydrogen-bond donors (Lipinski definition) is 1. The highest BCUT2D eigenvalue weighted by Crippen LogP contribution is 2.36. The topological polar surface area (TPSA) is 33.6 Å². The van der Waals surface area contributed by atoms with Crippen molar-refractivity contribution in [2.75, 3.05) is 12.5 Å². The highest BCUT2D eigenvalue weighted by Gasteiger charge is 2.16. The van der Waals surface area contributed by atoms with Gasteiger partial charge in [-0.25, -0.2) is 0 Å². The minimum Gasteiger partial charge on any atom is -0.496 e. The average Bonchev–Trinajstić information content (AvgIpc) is 2.77. The molecule has 0 heterocycles. The second-order valence-electron chi connectivity index (χ2n) is 6.29. The molecule has 0 spiro atoms. The molecule has 4 rings (SSSR count). The Morgan fingerprint density at radius 3 is 2.11 bits per heavy atom. The molecular formula is C24H19BrN2O. The fourth-order valence-electron chi connectivity index (χ4n) is 3.16. The summed E-state index contributed by atoms with van der Waals surface area (Å²) in [6.45, 7) is 0. The summed E-state index contributed by atoms with van der Waals surface area (Å²) in [5, 5.41) is 6.90. The lowest BCUT2D eigenvalue weighted by Crippen LogP contribution is -2.08. The van der Waals surface area contributed by atoms with E-state index in [-0.39, 0.29) is 0 Å². The predicted molar refractivity (Wildman–Crippen MR) is 120 cm³/mol. The smallest absolute Gasteiger partial charge is 0.127 e. The lowest BCUT2D eigenvalue weighted by molar-refractivity contribution is 0.419. The quantitative estimate of drug-likeness (QED) is 0.290. The zero-order chi connectivity index (χ0) is 19.3. The van der Waals surface area contributed by atoms with E-state index in [1.165, 1.54) is 0 Å². The second kappa shape index (κ2) is 8.28. The normalized spacial score (nSPS) is 11.4. The van der Waals surface area contributed by atoms with E-state index in [9.17, 15) is 0 Å². The molecule has 0 radical (unpaired) electrons. The number of hydrazone groups is 1. The third kappa shape index (κ3) is 3.64. The SMILES string of the molecule is COc1cc(C(=NNc2ccccc2)c2ccccc2)c(Br)c2ccccc12. The Morgan fingerprint density at radius 2 is 1.43 bits per heavy atom. The molecule has 138 valence electrons. The van der Waals surface area contributed by atoms with Crippen LogP contribution in [0.5, 0.6) is 5.75 Å². The van der Waals surface area contributed by atoms with Gasteiger partial charge in [-0.3, -0.25) is 5.43 Å². The Bertz CT molecular complexity index is 1130. The molecule has 0 aromatic heterocycles. The monoisotopic (exact) mass is 430 g/mol. The maximum atomic E-state index is 5.68. The third-order valence-corrected chi connectivity index (χ3v) is 5.39. The van der Waals surface area contributed by atoms with Crippen LogP contribution in [0.25, 0.3) is 10.8 Å². The Kier molecular flexibility index (Phi) is 5.40. The van der Waals surface area contributed by atoms with E-state index in [2.05, 4.69) is 45.6 Å². The summed E-state index contributed by atoms with van der Waals surface area (Å²) < 4.78 is 6.66. The van der Waals surface area contributed by atoms with Crippen LogP contribution in [0.2, 0.25) is 0 Å². The van der Waals surface area contributed by atoms with Gasteiger partial charge in [0.1, 0.15) is 5.75 Å². The number of nitrogens with one attached hydrogen (secondary N) is 1. The summed E-state index contributed by atoms with van der Waals surface area (Å²) >= 11 is 3.81. The minimum absolute atomic E-state index is 0.817. The summed E-state index contributed by atoms with van der Waals surface area (Å²) in [6, 6.07) is 30.3. The largest absolute Gasteiger partial charge is 0.496 e. The summed E-state index contributed by atoms with van der Waals surface area (Å²) in [6.07, 6.45) is 0. The Hall–Kier alpha value is -3.11. The zero-order valence-corrected chi connectivity index (χ0v) is 17.0. The molecule has 0 saturated carbocycles. The number of benzene rings is 4. The average molecular weight is 431 g/mol. The first-order valence-corrected chi connectivity index (χ1v) is 9.77. The van der Waals surface area contributed by atoms with E-state index in [0.29, 0.717) is 0 Å². The molecule has 0 unspecified atom stereocenters. The first-order chi connectivity index (χ1) is 13.8. The van der Waals surface area contributed by atoms with Crippen LogP contribution in [0.4, 0.5) is 5.69 Å². The van der Waals surface area contributed by atoms with Gasteiger partial charge in [-0.05, 0) is 34.1 Å². The molecule has 0 aliphatic carbocycles. The molecule has 0 aliphatic heterocycles. The summed E-state index contributed by atoms with van der Waals surface area (Å²) in [5.41, 5.74) is 6.93. The van der Waals surface area contributed by atoms with E-state index in [4.69, 9.17) is 9.84 Å². The van der Waals surface area contributed by atoms with Crippen LogP contribution < -0.4 is 10.2 Å². The molecule has 4 aromatic rings.